The molecule has 1 heterocycles. The van der Waals surface area contributed by atoms with Crippen molar-refractivity contribution in [3.8, 4) is 0 Å². The van der Waals surface area contributed by atoms with Gasteiger partial charge >= 0.3 is 6.09 Å². The quantitative estimate of drug-likeness (QED) is 0.655. The van der Waals surface area contributed by atoms with Crippen molar-refractivity contribution in [2.75, 3.05) is 10.0 Å². The number of hydrogen-bond acceptors (Lipinski definition) is 5. The summed E-state index contributed by atoms with van der Waals surface area (Å²) in [7, 11) is -3.90. The molecule has 0 bridgehead atoms. The second kappa shape index (κ2) is 7.85. The molecular formula is C18H22BrN3O4S. The van der Waals surface area contributed by atoms with Gasteiger partial charge in [0.1, 0.15) is 15.1 Å². The van der Waals surface area contributed by atoms with Crippen LogP contribution in [0.4, 0.5) is 16.2 Å². The number of pyridine rings is 1. The number of benzene rings is 1. The molecule has 9 heteroatoms. The first kappa shape index (κ1) is 21.2. The van der Waals surface area contributed by atoms with Gasteiger partial charge in [-0.2, -0.15) is 0 Å². The van der Waals surface area contributed by atoms with Crippen LogP contribution < -0.4 is 10.0 Å². The SMILES string of the molecule is Cc1cc(Br)ncc1S(=O)(=O)Nc1c(C)cccc1NC(=O)OC(C)(C)C. The molecule has 2 N–H and O–H groups in total. The summed E-state index contributed by atoms with van der Waals surface area (Å²) in [6.07, 6.45) is 0.607. The van der Waals surface area contributed by atoms with Crippen molar-refractivity contribution >= 4 is 43.4 Å². The standard InChI is InChI=1S/C18H22BrN3O4S/c1-11-7-6-8-13(21-17(23)26-18(3,4)5)16(11)22-27(24,25)14-10-20-15(19)9-12(14)2/h6-10,22H,1-5H3,(H,21,23). The zero-order valence-electron chi connectivity index (χ0n) is 15.8. The highest BCUT2D eigenvalue weighted by atomic mass is 79.9. The minimum Gasteiger partial charge on any atom is -0.444 e. The predicted molar refractivity (Wildman–Crippen MR) is 109 cm³/mol. The molecule has 2 aromatic rings. The number of carbonyl (C=O) groups is 1. The molecule has 1 amide bonds. The van der Waals surface area contributed by atoms with Crippen molar-refractivity contribution in [2.24, 2.45) is 0 Å². The lowest BCUT2D eigenvalue weighted by atomic mass is 10.2. The maximum atomic E-state index is 12.8. The Morgan fingerprint density at radius 3 is 2.44 bits per heavy atom. The highest BCUT2D eigenvalue weighted by molar-refractivity contribution is 9.10. The number of nitrogens with zero attached hydrogens (tertiary/aromatic N) is 1. The summed E-state index contributed by atoms with van der Waals surface area (Å²) in [5.41, 5.74) is 1.09. The van der Waals surface area contributed by atoms with E-state index in [1.807, 2.05) is 0 Å². The molecule has 2 rings (SSSR count). The van der Waals surface area contributed by atoms with Gasteiger partial charge in [-0.3, -0.25) is 10.0 Å². The third-order valence-electron chi connectivity index (χ3n) is 3.46. The molecule has 146 valence electrons. The lowest BCUT2D eigenvalue weighted by Crippen LogP contribution is -2.27. The summed E-state index contributed by atoms with van der Waals surface area (Å²) in [6, 6.07) is 6.67. The number of para-hydroxylation sites is 1. The van der Waals surface area contributed by atoms with Crippen molar-refractivity contribution in [3.63, 3.8) is 0 Å². The van der Waals surface area contributed by atoms with Crippen LogP contribution in [0.5, 0.6) is 0 Å². The predicted octanol–water partition coefficient (Wildman–Crippen LogP) is 4.61. The van der Waals surface area contributed by atoms with Crippen LogP contribution in [0, 0.1) is 13.8 Å². The van der Waals surface area contributed by atoms with Gasteiger partial charge in [0.2, 0.25) is 0 Å². The molecule has 1 aromatic carbocycles. The van der Waals surface area contributed by atoms with E-state index in [4.69, 9.17) is 4.74 Å². The normalized spacial score (nSPS) is 11.8. The van der Waals surface area contributed by atoms with Gasteiger partial charge in [-0.05, 0) is 73.8 Å². The Kier molecular flexibility index (Phi) is 6.16. The summed E-state index contributed by atoms with van der Waals surface area (Å²) in [5.74, 6) is 0. The third kappa shape index (κ3) is 5.67. The number of anilines is 2. The maximum absolute atomic E-state index is 12.8. The summed E-state index contributed by atoms with van der Waals surface area (Å²) in [4.78, 5) is 16.1. The van der Waals surface area contributed by atoms with Crippen molar-refractivity contribution in [2.45, 2.75) is 45.1 Å². The van der Waals surface area contributed by atoms with Crippen LogP contribution in [0.2, 0.25) is 0 Å². The topological polar surface area (TPSA) is 97.4 Å². The van der Waals surface area contributed by atoms with Gasteiger partial charge in [-0.15, -0.1) is 0 Å². The second-order valence-electron chi connectivity index (χ2n) is 7.00. The monoisotopic (exact) mass is 455 g/mol. The minimum atomic E-state index is -3.90. The van der Waals surface area contributed by atoms with E-state index >= 15 is 0 Å². The molecule has 0 fully saturated rings. The molecule has 0 aliphatic carbocycles. The number of hydrogen-bond donors (Lipinski definition) is 2. The van der Waals surface area contributed by atoms with E-state index in [2.05, 4.69) is 31.0 Å². The third-order valence-corrected chi connectivity index (χ3v) is 5.38. The summed E-state index contributed by atoms with van der Waals surface area (Å²) in [6.45, 7) is 8.66. The fourth-order valence-electron chi connectivity index (χ4n) is 2.30. The van der Waals surface area contributed by atoms with E-state index in [0.29, 0.717) is 21.4 Å². The van der Waals surface area contributed by atoms with Gasteiger partial charge in [0.05, 0.1) is 11.4 Å². The number of halogens is 1. The minimum absolute atomic E-state index is 0.0529. The molecule has 0 radical (unpaired) electrons. The number of rotatable bonds is 4. The van der Waals surface area contributed by atoms with E-state index in [-0.39, 0.29) is 10.6 Å². The van der Waals surface area contributed by atoms with Crippen molar-refractivity contribution in [1.82, 2.24) is 4.98 Å². The van der Waals surface area contributed by atoms with E-state index in [0.717, 1.165) is 0 Å². The fraction of sp³-hybridized carbons (Fsp3) is 0.333. The molecule has 0 spiro atoms. The van der Waals surface area contributed by atoms with Crippen LogP contribution in [0.25, 0.3) is 0 Å². The Bertz CT molecular complexity index is 969. The van der Waals surface area contributed by atoms with Gasteiger partial charge in [-0.1, -0.05) is 12.1 Å². The van der Waals surface area contributed by atoms with Crippen LogP contribution in [0.3, 0.4) is 0 Å². The second-order valence-corrected chi connectivity index (χ2v) is 9.47. The smallest absolute Gasteiger partial charge is 0.412 e. The van der Waals surface area contributed by atoms with Gasteiger partial charge in [0.25, 0.3) is 10.0 Å². The van der Waals surface area contributed by atoms with Crippen molar-refractivity contribution in [3.05, 3.63) is 46.2 Å². The number of carbonyl (C=O) groups excluding carboxylic acids is 1. The number of ether oxygens (including phenoxy) is 1. The molecule has 0 unspecified atom stereocenters. The van der Waals surface area contributed by atoms with Crippen molar-refractivity contribution in [1.29, 1.82) is 0 Å². The first-order valence-electron chi connectivity index (χ1n) is 8.13. The Labute approximate surface area is 167 Å². The largest absolute Gasteiger partial charge is 0.444 e. The average Bonchev–Trinajstić information content (AvgIpc) is 2.48. The zero-order chi connectivity index (χ0) is 20.4. The zero-order valence-corrected chi connectivity index (χ0v) is 18.2. The number of sulfonamides is 1. The Hall–Kier alpha value is -2.13. The summed E-state index contributed by atoms with van der Waals surface area (Å²) >= 11 is 3.22. The van der Waals surface area contributed by atoms with Crippen LogP contribution in [0.15, 0.2) is 40.0 Å². The van der Waals surface area contributed by atoms with Gasteiger partial charge in [0, 0.05) is 6.20 Å². The Balaban J connectivity index is 2.37. The van der Waals surface area contributed by atoms with Crippen LogP contribution >= 0.6 is 15.9 Å². The number of nitrogens with one attached hydrogen (secondary N) is 2. The molecule has 1 aromatic heterocycles. The lowest BCUT2D eigenvalue weighted by molar-refractivity contribution is 0.0636. The van der Waals surface area contributed by atoms with E-state index in [1.54, 1.807) is 58.9 Å². The lowest BCUT2D eigenvalue weighted by Gasteiger charge is -2.21. The molecule has 0 aliphatic heterocycles. The number of aromatic nitrogens is 1. The molecule has 0 aliphatic rings. The van der Waals surface area contributed by atoms with Gasteiger partial charge < -0.3 is 4.74 Å². The summed E-state index contributed by atoms with van der Waals surface area (Å²) < 4.78 is 34.0. The first-order valence-corrected chi connectivity index (χ1v) is 10.4. The highest BCUT2D eigenvalue weighted by Crippen LogP contribution is 2.29. The van der Waals surface area contributed by atoms with Crippen molar-refractivity contribution < 1.29 is 17.9 Å². The Morgan fingerprint density at radius 2 is 1.85 bits per heavy atom. The molecule has 27 heavy (non-hydrogen) atoms. The van der Waals surface area contributed by atoms with Gasteiger partial charge in [0.15, 0.2) is 0 Å². The average molecular weight is 456 g/mol. The van der Waals surface area contributed by atoms with Crippen LogP contribution in [0.1, 0.15) is 31.9 Å². The molecule has 0 saturated carbocycles. The summed E-state index contributed by atoms with van der Waals surface area (Å²) in [5, 5.41) is 2.59. The molecule has 7 nitrogen and oxygen atoms in total. The fourth-order valence-corrected chi connectivity index (χ4v) is 4.07. The van der Waals surface area contributed by atoms with Gasteiger partial charge in [-0.25, -0.2) is 18.2 Å². The molecule has 0 saturated heterocycles. The van der Waals surface area contributed by atoms with Crippen LogP contribution in [-0.2, 0) is 14.8 Å². The first-order chi connectivity index (χ1) is 12.4. The van der Waals surface area contributed by atoms with E-state index in [1.165, 1.54) is 6.20 Å². The van der Waals surface area contributed by atoms with E-state index in [9.17, 15) is 13.2 Å². The maximum Gasteiger partial charge on any atom is 0.412 e. The Morgan fingerprint density at radius 1 is 1.19 bits per heavy atom. The number of aryl methyl sites for hydroxylation is 2. The molecule has 0 atom stereocenters. The van der Waals surface area contributed by atoms with E-state index < -0.39 is 21.7 Å². The van der Waals surface area contributed by atoms with Crippen LogP contribution in [-0.4, -0.2) is 25.1 Å². The number of amides is 1. The highest BCUT2D eigenvalue weighted by Gasteiger charge is 2.22. The molecular weight excluding hydrogens is 434 g/mol.